The number of fused-ring (bicyclic) bond motifs is 2. The molecule has 1 aromatic heterocycles. The maximum Gasteiger partial charge on any atom is 0.412 e. The molecule has 1 saturated heterocycles. The van der Waals surface area contributed by atoms with Gasteiger partial charge in [0.2, 0.25) is 0 Å². The van der Waals surface area contributed by atoms with Crippen LogP contribution in [0.2, 0.25) is 5.02 Å². The van der Waals surface area contributed by atoms with Gasteiger partial charge < -0.3 is 15.6 Å². The second-order valence-electron chi connectivity index (χ2n) is 8.11. The monoisotopic (exact) mass is 535 g/mol. The van der Waals surface area contributed by atoms with Crippen molar-refractivity contribution in [1.82, 2.24) is 14.7 Å². The molecular formula is C22H20BrClFN5O3. The van der Waals surface area contributed by atoms with E-state index < -0.39 is 23.7 Å². The molecule has 1 amide bonds. The van der Waals surface area contributed by atoms with Crippen molar-refractivity contribution in [1.29, 1.82) is 0 Å². The molecule has 0 aliphatic carbocycles. The predicted octanol–water partition coefficient (Wildman–Crippen LogP) is 4.17. The van der Waals surface area contributed by atoms with Gasteiger partial charge in [0.15, 0.2) is 11.4 Å². The van der Waals surface area contributed by atoms with Crippen molar-refractivity contribution in [3.8, 4) is 11.3 Å². The highest BCUT2D eigenvalue weighted by Crippen LogP contribution is 2.45. The van der Waals surface area contributed by atoms with Gasteiger partial charge in [-0.25, -0.2) is 13.9 Å². The number of nitrogens with zero attached hydrogens (tertiary/aromatic N) is 3. The van der Waals surface area contributed by atoms with E-state index in [9.17, 15) is 14.3 Å². The molecule has 0 saturated carbocycles. The van der Waals surface area contributed by atoms with Gasteiger partial charge in [-0.05, 0) is 18.2 Å². The summed E-state index contributed by atoms with van der Waals surface area (Å²) < 4.78 is 22.9. The number of rotatable bonds is 4. The van der Waals surface area contributed by atoms with Gasteiger partial charge in [-0.1, -0.05) is 45.7 Å². The molecule has 1 fully saturated rings. The molecule has 0 bridgehead atoms. The van der Waals surface area contributed by atoms with Crippen LogP contribution in [0.5, 0.6) is 0 Å². The quantitative estimate of drug-likeness (QED) is 0.462. The van der Waals surface area contributed by atoms with Crippen LogP contribution in [0.3, 0.4) is 0 Å². The van der Waals surface area contributed by atoms with Crippen LogP contribution in [0.4, 0.5) is 20.7 Å². The van der Waals surface area contributed by atoms with Gasteiger partial charge in [0, 0.05) is 35.6 Å². The van der Waals surface area contributed by atoms with E-state index >= 15 is 0 Å². The Morgan fingerprint density at radius 2 is 2.15 bits per heavy atom. The summed E-state index contributed by atoms with van der Waals surface area (Å²) in [5.74, 6) is -0.245. The molecule has 5 rings (SSSR count). The van der Waals surface area contributed by atoms with Crippen LogP contribution in [0.25, 0.3) is 11.3 Å². The molecule has 2 aliphatic rings. The number of nitrogen functional groups attached to an aromatic ring is 1. The zero-order chi connectivity index (χ0) is 23.3. The standard InChI is InChI=1S/C22H20BrClFN5O3/c23-13-4-2-1-3-12(13)16-9-17(26)30(28-16)10-18(31)29-8-7-22(11-29)19-15(27-21(32)33-22)6-5-14(24)20(19)25/h1-6,9,18,31H,7-8,10-11,26H2,(H,27,32)/t18?,22-/m0/s1. The number of amides is 1. The summed E-state index contributed by atoms with van der Waals surface area (Å²) in [5.41, 5.74) is 6.96. The Kier molecular flexibility index (Phi) is 5.56. The van der Waals surface area contributed by atoms with Crippen LogP contribution in [-0.2, 0) is 16.9 Å². The van der Waals surface area contributed by atoms with Crippen molar-refractivity contribution in [2.45, 2.75) is 24.8 Å². The molecule has 2 atom stereocenters. The van der Waals surface area contributed by atoms with E-state index in [1.54, 1.807) is 17.0 Å². The predicted molar refractivity (Wildman–Crippen MR) is 125 cm³/mol. The number of hydrogen-bond acceptors (Lipinski definition) is 6. The molecule has 0 radical (unpaired) electrons. The lowest BCUT2D eigenvalue weighted by Crippen LogP contribution is -2.45. The molecule has 11 heteroatoms. The average Bonchev–Trinajstić information content (AvgIpc) is 3.35. The Morgan fingerprint density at radius 3 is 2.94 bits per heavy atom. The molecular weight excluding hydrogens is 517 g/mol. The Hall–Kier alpha value is -2.66. The molecule has 2 aliphatic heterocycles. The van der Waals surface area contributed by atoms with Gasteiger partial charge in [-0.15, -0.1) is 0 Å². The topological polar surface area (TPSA) is 106 Å². The fourth-order valence-corrected chi connectivity index (χ4v) is 5.11. The number of nitrogens with one attached hydrogen (secondary N) is 1. The molecule has 1 spiro atoms. The third kappa shape index (κ3) is 3.86. The zero-order valence-electron chi connectivity index (χ0n) is 17.3. The Morgan fingerprint density at radius 1 is 1.36 bits per heavy atom. The normalized spacial score (nSPS) is 21.0. The minimum Gasteiger partial charge on any atom is -0.436 e. The van der Waals surface area contributed by atoms with Crippen LogP contribution in [0.15, 0.2) is 46.9 Å². The number of aromatic nitrogens is 2. The maximum absolute atomic E-state index is 15.0. The molecule has 8 nitrogen and oxygen atoms in total. The van der Waals surface area contributed by atoms with Gasteiger partial charge in [0.1, 0.15) is 12.0 Å². The van der Waals surface area contributed by atoms with Crippen LogP contribution in [-0.4, -0.2) is 45.2 Å². The van der Waals surface area contributed by atoms with Crippen LogP contribution < -0.4 is 11.1 Å². The van der Waals surface area contributed by atoms with E-state index in [4.69, 9.17) is 22.1 Å². The molecule has 3 aromatic rings. The largest absolute Gasteiger partial charge is 0.436 e. The fraction of sp³-hybridized carbons (Fsp3) is 0.273. The molecule has 172 valence electrons. The smallest absolute Gasteiger partial charge is 0.412 e. The Labute approximate surface area is 202 Å². The van der Waals surface area contributed by atoms with Gasteiger partial charge in [-0.2, -0.15) is 5.10 Å². The molecule has 33 heavy (non-hydrogen) atoms. The number of ether oxygens (including phenoxy) is 1. The van der Waals surface area contributed by atoms with E-state index in [-0.39, 0.29) is 23.7 Å². The summed E-state index contributed by atoms with van der Waals surface area (Å²) in [7, 11) is 0. The highest BCUT2D eigenvalue weighted by molar-refractivity contribution is 9.10. The summed E-state index contributed by atoms with van der Waals surface area (Å²) in [6.07, 6.45) is -1.36. The SMILES string of the molecule is Nc1cc(-c2ccccc2Br)nn1CC(O)N1CC[C@@]2(C1)OC(=O)Nc1ccc(Cl)c(F)c12. The highest BCUT2D eigenvalue weighted by Gasteiger charge is 2.50. The third-order valence-corrected chi connectivity index (χ3v) is 7.04. The molecule has 2 aromatic carbocycles. The summed E-state index contributed by atoms with van der Waals surface area (Å²) in [5, 5.41) is 17.9. The summed E-state index contributed by atoms with van der Waals surface area (Å²) in [6.45, 7) is 0.561. The molecule has 1 unspecified atom stereocenters. The first-order chi connectivity index (χ1) is 15.8. The van der Waals surface area contributed by atoms with Crippen molar-refractivity contribution >= 4 is 45.1 Å². The summed E-state index contributed by atoms with van der Waals surface area (Å²) in [4.78, 5) is 13.9. The maximum atomic E-state index is 15.0. The molecule has 4 N–H and O–H groups in total. The van der Waals surface area contributed by atoms with Crippen molar-refractivity contribution in [2.75, 3.05) is 24.1 Å². The van der Waals surface area contributed by atoms with Gasteiger partial charge in [0.05, 0.1) is 28.5 Å². The van der Waals surface area contributed by atoms with Gasteiger partial charge >= 0.3 is 6.09 Å². The van der Waals surface area contributed by atoms with Crippen molar-refractivity contribution in [2.24, 2.45) is 0 Å². The molecule has 3 heterocycles. The minimum atomic E-state index is -1.25. The highest BCUT2D eigenvalue weighted by atomic mass is 79.9. The number of likely N-dealkylation sites (tertiary alicyclic amines) is 1. The lowest BCUT2D eigenvalue weighted by molar-refractivity contribution is -0.0294. The lowest BCUT2D eigenvalue weighted by atomic mass is 9.89. The summed E-state index contributed by atoms with van der Waals surface area (Å²) in [6, 6.07) is 12.3. The van der Waals surface area contributed by atoms with Crippen molar-refractivity contribution < 1.29 is 19.0 Å². The average molecular weight is 537 g/mol. The first-order valence-electron chi connectivity index (χ1n) is 10.3. The van der Waals surface area contributed by atoms with E-state index in [2.05, 4.69) is 26.3 Å². The number of anilines is 2. The number of carbonyl (C=O) groups excluding carboxylic acids is 1. The number of aliphatic hydroxyl groups is 1. The van der Waals surface area contributed by atoms with Gasteiger partial charge in [-0.3, -0.25) is 10.2 Å². The van der Waals surface area contributed by atoms with Crippen molar-refractivity contribution in [3.63, 3.8) is 0 Å². The van der Waals surface area contributed by atoms with Crippen LogP contribution in [0.1, 0.15) is 12.0 Å². The van der Waals surface area contributed by atoms with E-state index in [1.807, 2.05) is 24.3 Å². The Balaban J connectivity index is 1.38. The first kappa shape index (κ1) is 22.1. The second kappa shape index (κ2) is 8.28. The summed E-state index contributed by atoms with van der Waals surface area (Å²) >= 11 is 9.50. The van der Waals surface area contributed by atoms with Gasteiger partial charge in [0.25, 0.3) is 0 Å². The zero-order valence-corrected chi connectivity index (χ0v) is 19.6. The third-order valence-electron chi connectivity index (χ3n) is 6.06. The number of halogens is 3. The number of nitrogens with two attached hydrogens (primary N) is 1. The number of carbonyl (C=O) groups is 1. The number of benzene rings is 2. The number of hydrogen-bond donors (Lipinski definition) is 3. The first-order valence-corrected chi connectivity index (χ1v) is 11.4. The second-order valence-corrected chi connectivity index (χ2v) is 9.37. The Bertz CT molecular complexity index is 1250. The van der Waals surface area contributed by atoms with E-state index in [1.165, 1.54) is 10.7 Å². The van der Waals surface area contributed by atoms with E-state index in [0.717, 1.165) is 10.0 Å². The lowest BCUT2D eigenvalue weighted by Gasteiger charge is -2.36. The van der Waals surface area contributed by atoms with Crippen LogP contribution in [0, 0.1) is 5.82 Å². The van der Waals surface area contributed by atoms with Crippen LogP contribution >= 0.6 is 27.5 Å². The van der Waals surface area contributed by atoms with E-state index in [0.29, 0.717) is 30.2 Å². The fourth-order valence-electron chi connectivity index (χ4n) is 4.46. The minimum absolute atomic E-state index is 0.0595. The number of aliphatic hydroxyl groups excluding tert-OH is 1. The van der Waals surface area contributed by atoms with Crippen molar-refractivity contribution in [3.05, 3.63) is 63.3 Å².